The summed E-state index contributed by atoms with van der Waals surface area (Å²) < 4.78 is 0. The van der Waals surface area contributed by atoms with Crippen molar-refractivity contribution in [3.05, 3.63) is 24.3 Å². The number of nitrogen functional groups attached to an aromatic ring is 1. The molecule has 96 valence electrons. The zero-order valence-electron chi connectivity index (χ0n) is 10.5. The molecule has 1 atom stereocenters. The maximum atomic E-state index is 12.1. The van der Waals surface area contributed by atoms with Gasteiger partial charge < -0.3 is 11.1 Å². The van der Waals surface area contributed by atoms with Crippen LogP contribution in [0.3, 0.4) is 0 Å². The molecule has 0 aromatic heterocycles. The number of carbonyl (C=O) groups is 2. The third-order valence-corrected chi connectivity index (χ3v) is 2.88. The van der Waals surface area contributed by atoms with Gasteiger partial charge in [0.2, 0.25) is 0 Å². The van der Waals surface area contributed by atoms with E-state index in [0.29, 0.717) is 23.7 Å². The number of rotatable bonds is 3. The summed E-state index contributed by atoms with van der Waals surface area (Å²) in [5.41, 5.74) is 6.74. The number of hydrogen-bond acceptors (Lipinski definition) is 3. The topological polar surface area (TPSA) is 75.4 Å². The average molecular weight is 247 g/mol. The minimum Gasteiger partial charge on any atom is -0.399 e. The van der Waals surface area contributed by atoms with Gasteiger partial charge in [-0.2, -0.15) is 0 Å². The Hall–Kier alpha value is -2.04. The zero-order chi connectivity index (χ0) is 13.3. The smallest absolute Gasteiger partial charge is 0.329 e. The molecule has 1 aromatic rings. The van der Waals surface area contributed by atoms with Gasteiger partial charge in [-0.1, -0.05) is 13.8 Å². The third kappa shape index (κ3) is 2.30. The molecule has 0 spiro atoms. The second kappa shape index (κ2) is 4.68. The number of benzene rings is 1. The van der Waals surface area contributed by atoms with Crippen LogP contribution in [-0.4, -0.2) is 18.0 Å². The van der Waals surface area contributed by atoms with Crippen LogP contribution in [0.25, 0.3) is 0 Å². The van der Waals surface area contributed by atoms with Crippen molar-refractivity contribution in [1.82, 2.24) is 5.32 Å². The van der Waals surface area contributed by atoms with Crippen LogP contribution in [0.2, 0.25) is 0 Å². The highest BCUT2D eigenvalue weighted by atomic mass is 16.2. The lowest BCUT2D eigenvalue weighted by molar-refractivity contribution is -0.118. The van der Waals surface area contributed by atoms with Crippen LogP contribution in [-0.2, 0) is 4.79 Å². The zero-order valence-corrected chi connectivity index (χ0v) is 10.5. The molecule has 1 aliphatic rings. The minimum atomic E-state index is -0.421. The van der Waals surface area contributed by atoms with Crippen LogP contribution < -0.4 is 16.0 Å². The van der Waals surface area contributed by atoms with E-state index >= 15 is 0 Å². The van der Waals surface area contributed by atoms with Gasteiger partial charge in [0.15, 0.2) is 0 Å². The van der Waals surface area contributed by atoms with Crippen LogP contribution in [0.15, 0.2) is 24.3 Å². The van der Waals surface area contributed by atoms with Crippen molar-refractivity contribution < 1.29 is 9.59 Å². The van der Waals surface area contributed by atoms with E-state index in [4.69, 9.17) is 5.73 Å². The second-order valence-corrected chi connectivity index (χ2v) is 4.90. The molecule has 0 bridgehead atoms. The minimum absolute atomic E-state index is 0.196. The first-order valence-electron chi connectivity index (χ1n) is 5.99. The molecule has 3 amide bonds. The largest absolute Gasteiger partial charge is 0.399 e. The molecule has 0 saturated carbocycles. The van der Waals surface area contributed by atoms with Crippen LogP contribution in [0.4, 0.5) is 16.2 Å². The van der Waals surface area contributed by atoms with Crippen molar-refractivity contribution in [3.63, 3.8) is 0 Å². The Balaban J connectivity index is 2.21. The summed E-state index contributed by atoms with van der Waals surface area (Å²) in [4.78, 5) is 25.1. The molecule has 1 aliphatic heterocycles. The summed E-state index contributed by atoms with van der Waals surface area (Å²) >= 11 is 0. The van der Waals surface area contributed by atoms with Crippen molar-refractivity contribution in [2.45, 2.75) is 26.3 Å². The molecule has 1 fully saturated rings. The highest BCUT2D eigenvalue weighted by Crippen LogP contribution is 2.22. The van der Waals surface area contributed by atoms with E-state index in [1.807, 2.05) is 13.8 Å². The third-order valence-electron chi connectivity index (χ3n) is 2.88. The van der Waals surface area contributed by atoms with E-state index < -0.39 is 6.04 Å². The molecule has 3 N–H and O–H groups in total. The van der Waals surface area contributed by atoms with Crippen molar-refractivity contribution in [1.29, 1.82) is 0 Å². The standard InChI is InChI=1S/C13H17N3O2/c1-8(2)7-11-12(17)16(13(18)15-11)10-5-3-9(14)4-6-10/h3-6,8,11H,7,14H2,1-2H3,(H,15,18). The molecule has 2 rings (SSSR count). The lowest BCUT2D eigenvalue weighted by Crippen LogP contribution is -2.31. The first-order valence-corrected chi connectivity index (χ1v) is 5.99. The Bertz CT molecular complexity index is 468. The van der Waals surface area contributed by atoms with E-state index in [2.05, 4.69) is 5.32 Å². The van der Waals surface area contributed by atoms with E-state index in [-0.39, 0.29) is 11.9 Å². The fraction of sp³-hybridized carbons (Fsp3) is 0.385. The quantitative estimate of drug-likeness (QED) is 0.631. The van der Waals surface area contributed by atoms with Gasteiger partial charge in [0.05, 0.1) is 5.69 Å². The predicted octanol–water partition coefficient (Wildman–Crippen LogP) is 1.74. The SMILES string of the molecule is CC(C)CC1NC(=O)N(c2ccc(N)cc2)C1=O. The summed E-state index contributed by atoms with van der Waals surface area (Å²) in [6.07, 6.45) is 0.649. The molecule has 5 heteroatoms. The molecule has 1 unspecified atom stereocenters. The molecule has 0 aliphatic carbocycles. The molecular formula is C13H17N3O2. The first-order chi connectivity index (χ1) is 8.49. The van der Waals surface area contributed by atoms with Gasteiger partial charge in [-0.25, -0.2) is 9.69 Å². The number of amides is 3. The molecular weight excluding hydrogens is 230 g/mol. The van der Waals surface area contributed by atoms with Gasteiger partial charge in [-0.3, -0.25) is 4.79 Å². The summed E-state index contributed by atoms with van der Waals surface area (Å²) in [7, 11) is 0. The van der Waals surface area contributed by atoms with E-state index in [9.17, 15) is 9.59 Å². The van der Waals surface area contributed by atoms with Gasteiger partial charge in [0.1, 0.15) is 6.04 Å². The van der Waals surface area contributed by atoms with Gasteiger partial charge >= 0.3 is 6.03 Å². The second-order valence-electron chi connectivity index (χ2n) is 4.90. The fourth-order valence-corrected chi connectivity index (χ4v) is 2.03. The predicted molar refractivity (Wildman–Crippen MR) is 70.1 cm³/mol. The number of carbonyl (C=O) groups excluding carboxylic acids is 2. The molecule has 1 saturated heterocycles. The number of hydrogen-bond donors (Lipinski definition) is 2. The Morgan fingerprint density at radius 3 is 2.44 bits per heavy atom. The number of nitrogens with zero attached hydrogens (tertiary/aromatic N) is 1. The number of anilines is 2. The van der Waals surface area contributed by atoms with Crippen molar-refractivity contribution in [2.75, 3.05) is 10.6 Å². The number of urea groups is 1. The lowest BCUT2D eigenvalue weighted by atomic mass is 10.0. The van der Waals surface area contributed by atoms with Crippen molar-refractivity contribution >= 4 is 23.3 Å². The van der Waals surface area contributed by atoms with Crippen LogP contribution in [0, 0.1) is 5.92 Å². The fourth-order valence-electron chi connectivity index (χ4n) is 2.03. The molecule has 1 heterocycles. The lowest BCUT2D eigenvalue weighted by Gasteiger charge is -2.13. The Kier molecular flexibility index (Phi) is 3.23. The van der Waals surface area contributed by atoms with E-state index in [0.717, 1.165) is 0 Å². The summed E-state index contributed by atoms with van der Waals surface area (Å²) in [5.74, 6) is 0.157. The maximum Gasteiger partial charge on any atom is 0.329 e. The monoisotopic (exact) mass is 247 g/mol. The summed E-state index contributed by atoms with van der Waals surface area (Å²) in [6.45, 7) is 4.04. The normalized spacial score (nSPS) is 19.5. The van der Waals surface area contributed by atoms with Crippen LogP contribution >= 0.6 is 0 Å². The van der Waals surface area contributed by atoms with Gasteiger partial charge in [-0.05, 0) is 36.6 Å². The first kappa shape index (κ1) is 12.4. The molecule has 5 nitrogen and oxygen atoms in total. The Morgan fingerprint density at radius 2 is 1.89 bits per heavy atom. The summed E-state index contributed by atoms with van der Waals surface area (Å²) in [5, 5.41) is 2.70. The molecule has 18 heavy (non-hydrogen) atoms. The average Bonchev–Trinajstić information content (AvgIpc) is 2.55. The number of imide groups is 1. The van der Waals surface area contributed by atoms with Crippen LogP contribution in [0.5, 0.6) is 0 Å². The highest BCUT2D eigenvalue weighted by molar-refractivity contribution is 6.21. The summed E-state index contributed by atoms with van der Waals surface area (Å²) in [6, 6.07) is 5.90. The Morgan fingerprint density at radius 1 is 1.28 bits per heavy atom. The van der Waals surface area contributed by atoms with Gasteiger partial charge in [0.25, 0.3) is 5.91 Å². The van der Waals surface area contributed by atoms with E-state index in [1.165, 1.54) is 4.90 Å². The van der Waals surface area contributed by atoms with Gasteiger partial charge in [0, 0.05) is 5.69 Å². The molecule has 1 aromatic carbocycles. The molecule has 0 radical (unpaired) electrons. The Labute approximate surface area is 106 Å². The maximum absolute atomic E-state index is 12.1. The number of nitrogens with one attached hydrogen (secondary N) is 1. The van der Waals surface area contributed by atoms with E-state index in [1.54, 1.807) is 24.3 Å². The van der Waals surface area contributed by atoms with Crippen molar-refractivity contribution in [3.8, 4) is 0 Å². The van der Waals surface area contributed by atoms with Gasteiger partial charge in [-0.15, -0.1) is 0 Å². The van der Waals surface area contributed by atoms with Crippen LogP contribution in [0.1, 0.15) is 20.3 Å². The van der Waals surface area contributed by atoms with Crippen molar-refractivity contribution in [2.24, 2.45) is 5.92 Å². The highest BCUT2D eigenvalue weighted by Gasteiger charge is 2.38. The number of nitrogens with two attached hydrogens (primary N) is 1.